The van der Waals surface area contributed by atoms with Crippen molar-refractivity contribution in [2.45, 2.75) is 39.2 Å². The third kappa shape index (κ3) is 2.51. The molecule has 20 heavy (non-hydrogen) atoms. The lowest BCUT2D eigenvalue weighted by Crippen LogP contribution is -2.11. The number of hydrogen-bond acceptors (Lipinski definition) is 1. The van der Waals surface area contributed by atoms with Crippen LogP contribution in [0, 0.1) is 5.92 Å². The zero-order chi connectivity index (χ0) is 14.1. The summed E-state index contributed by atoms with van der Waals surface area (Å²) in [5, 5.41) is 0. The van der Waals surface area contributed by atoms with Gasteiger partial charge in [-0.15, -0.1) is 0 Å². The Morgan fingerprint density at radius 2 is 1.70 bits per heavy atom. The van der Waals surface area contributed by atoms with Gasteiger partial charge in [0.1, 0.15) is 0 Å². The number of rotatable bonds is 4. The zero-order valence-corrected chi connectivity index (χ0v) is 12.4. The molecule has 1 atom stereocenters. The Kier molecular flexibility index (Phi) is 3.62. The van der Waals surface area contributed by atoms with Gasteiger partial charge in [0, 0.05) is 6.04 Å². The van der Waals surface area contributed by atoms with Crippen LogP contribution < -0.4 is 5.73 Å². The molecule has 2 N–H and O–H groups in total. The molecule has 2 aromatic carbocycles. The maximum absolute atomic E-state index is 6.34. The molecule has 2 aromatic rings. The van der Waals surface area contributed by atoms with Crippen LogP contribution in [0.4, 0.5) is 0 Å². The maximum atomic E-state index is 6.34. The Morgan fingerprint density at radius 3 is 2.50 bits per heavy atom. The average Bonchev–Trinajstić information content (AvgIpc) is 2.82. The summed E-state index contributed by atoms with van der Waals surface area (Å²) in [6.45, 7) is 4.51. The van der Waals surface area contributed by atoms with Gasteiger partial charge in [0.2, 0.25) is 0 Å². The molecule has 1 heteroatoms. The molecular formula is C19H23N. The molecule has 3 rings (SSSR count). The van der Waals surface area contributed by atoms with Crippen LogP contribution in [0.1, 0.15) is 49.4 Å². The number of benzene rings is 2. The third-order valence-corrected chi connectivity index (χ3v) is 4.30. The lowest BCUT2D eigenvalue weighted by molar-refractivity contribution is 0.507. The van der Waals surface area contributed by atoms with Crippen molar-refractivity contribution in [1.29, 1.82) is 0 Å². The summed E-state index contributed by atoms with van der Waals surface area (Å²) in [7, 11) is 0. The van der Waals surface area contributed by atoms with Crippen molar-refractivity contribution in [3.8, 4) is 11.1 Å². The molecule has 1 aliphatic rings. The minimum Gasteiger partial charge on any atom is -0.324 e. The van der Waals surface area contributed by atoms with Crippen LogP contribution in [-0.2, 0) is 6.42 Å². The van der Waals surface area contributed by atoms with Crippen LogP contribution in [0.2, 0.25) is 0 Å². The number of hydrogen-bond donors (Lipinski definition) is 1. The molecule has 0 amide bonds. The van der Waals surface area contributed by atoms with Gasteiger partial charge in [-0.05, 0) is 53.0 Å². The number of fused-ring (bicyclic) bond motifs is 3. The Labute approximate surface area is 121 Å². The van der Waals surface area contributed by atoms with E-state index in [1.165, 1.54) is 34.2 Å². The van der Waals surface area contributed by atoms with Crippen molar-refractivity contribution < 1.29 is 0 Å². The van der Waals surface area contributed by atoms with Crippen molar-refractivity contribution >= 4 is 0 Å². The minimum absolute atomic E-state index is 0.173. The van der Waals surface area contributed by atoms with Crippen LogP contribution in [0.3, 0.4) is 0 Å². The van der Waals surface area contributed by atoms with Crippen molar-refractivity contribution in [2.24, 2.45) is 11.7 Å². The molecule has 1 nitrogen and oxygen atoms in total. The quantitative estimate of drug-likeness (QED) is 0.727. The second-order valence-corrected chi connectivity index (χ2v) is 6.33. The summed E-state index contributed by atoms with van der Waals surface area (Å²) in [6.07, 6.45) is 3.32. The molecule has 0 saturated heterocycles. The van der Waals surface area contributed by atoms with E-state index >= 15 is 0 Å². The molecule has 1 aliphatic carbocycles. The summed E-state index contributed by atoms with van der Waals surface area (Å²) < 4.78 is 0. The topological polar surface area (TPSA) is 26.0 Å². The van der Waals surface area contributed by atoms with Crippen molar-refractivity contribution in [2.75, 3.05) is 0 Å². The Morgan fingerprint density at radius 1 is 0.950 bits per heavy atom. The van der Waals surface area contributed by atoms with Gasteiger partial charge in [-0.1, -0.05) is 56.3 Å². The molecule has 0 spiro atoms. The predicted molar refractivity (Wildman–Crippen MR) is 85.7 cm³/mol. The maximum Gasteiger partial charge on any atom is 0.0295 e. The molecule has 0 heterocycles. The summed E-state index contributed by atoms with van der Waals surface area (Å²) in [5.74, 6) is 0.722. The van der Waals surface area contributed by atoms with Gasteiger partial charge >= 0.3 is 0 Å². The first-order valence-corrected chi connectivity index (χ1v) is 7.62. The minimum atomic E-state index is 0.173. The predicted octanol–water partition coefficient (Wildman–Crippen LogP) is 4.69. The van der Waals surface area contributed by atoms with Crippen molar-refractivity contribution in [1.82, 2.24) is 0 Å². The van der Waals surface area contributed by atoms with E-state index in [-0.39, 0.29) is 6.04 Å². The second kappa shape index (κ2) is 5.41. The standard InChI is InChI=1S/C19H23N/c1-13(2)7-10-19(20)15-8-9-18-16(12-15)11-14-5-3-4-6-17(14)18/h3-6,8-9,12-13,19H,7,10-11,20H2,1-2H3/t19-/m1/s1. The van der Waals surface area contributed by atoms with Crippen LogP contribution >= 0.6 is 0 Å². The molecule has 0 radical (unpaired) electrons. The summed E-state index contributed by atoms with van der Waals surface area (Å²) in [6, 6.07) is 15.7. The highest BCUT2D eigenvalue weighted by Gasteiger charge is 2.19. The molecule has 0 bridgehead atoms. The first kappa shape index (κ1) is 13.4. The molecule has 0 aromatic heterocycles. The first-order valence-electron chi connectivity index (χ1n) is 7.62. The van der Waals surface area contributed by atoms with Crippen molar-refractivity contribution in [3.63, 3.8) is 0 Å². The van der Waals surface area contributed by atoms with Crippen molar-refractivity contribution in [3.05, 3.63) is 59.2 Å². The number of nitrogens with two attached hydrogens (primary N) is 1. The average molecular weight is 265 g/mol. The van der Waals surface area contributed by atoms with Crippen LogP contribution in [0.5, 0.6) is 0 Å². The van der Waals surface area contributed by atoms with E-state index in [9.17, 15) is 0 Å². The van der Waals surface area contributed by atoms with Crippen LogP contribution in [0.25, 0.3) is 11.1 Å². The van der Waals surface area contributed by atoms with Crippen LogP contribution in [-0.4, -0.2) is 0 Å². The van der Waals surface area contributed by atoms with E-state index in [2.05, 4.69) is 56.3 Å². The lowest BCUT2D eigenvalue weighted by atomic mass is 9.95. The zero-order valence-electron chi connectivity index (χ0n) is 12.4. The van der Waals surface area contributed by atoms with E-state index < -0.39 is 0 Å². The van der Waals surface area contributed by atoms with E-state index in [4.69, 9.17) is 5.73 Å². The fourth-order valence-electron chi connectivity index (χ4n) is 3.08. The summed E-state index contributed by atoms with van der Waals surface area (Å²) >= 11 is 0. The largest absolute Gasteiger partial charge is 0.324 e. The second-order valence-electron chi connectivity index (χ2n) is 6.33. The van der Waals surface area contributed by atoms with Gasteiger partial charge in [0.05, 0.1) is 0 Å². The molecule has 0 fully saturated rings. The highest BCUT2D eigenvalue weighted by molar-refractivity contribution is 5.76. The normalized spacial score (nSPS) is 14.2. The van der Waals surface area contributed by atoms with Gasteiger partial charge < -0.3 is 5.73 Å². The van der Waals surface area contributed by atoms with Crippen LogP contribution in [0.15, 0.2) is 42.5 Å². The third-order valence-electron chi connectivity index (χ3n) is 4.30. The highest BCUT2D eigenvalue weighted by atomic mass is 14.6. The van der Waals surface area contributed by atoms with E-state index in [0.717, 1.165) is 18.8 Å². The summed E-state index contributed by atoms with van der Waals surface area (Å²) in [4.78, 5) is 0. The molecular weight excluding hydrogens is 242 g/mol. The van der Waals surface area contributed by atoms with Gasteiger partial charge in [-0.3, -0.25) is 0 Å². The van der Waals surface area contributed by atoms with Gasteiger partial charge in [0.15, 0.2) is 0 Å². The Hall–Kier alpha value is -1.60. The highest BCUT2D eigenvalue weighted by Crippen LogP contribution is 2.37. The fraction of sp³-hybridized carbons (Fsp3) is 0.368. The first-order chi connectivity index (χ1) is 9.65. The lowest BCUT2D eigenvalue weighted by Gasteiger charge is -2.15. The Bertz CT molecular complexity index is 613. The SMILES string of the molecule is CC(C)CC[C@@H](N)c1ccc2c(c1)Cc1ccccc1-2. The molecule has 0 aliphatic heterocycles. The van der Waals surface area contributed by atoms with Gasteiger partial charge in [0.25, 0.3) is 0 Å². The van der Waals surface area contributed by atoms with Gasteiger partial charge in [-0.2, -0.15) is 0 Å². The monoisotopic (exact) mass is 265 g/mol. The Balaban J connectivity index is 1.83. The van der Waals surface area contributed by atoms with Gasteiger partial charge in [-0.25, -0.2) is 0 Å². The molecule has 0 unspecified atom stereocenters. The molecule has 0 saturated carbocycles. The van der Waals surface area contributed by atoms with E-state index in [1.807, 2.05) is 0 Å². The van der Waals surface area contributed by atoms with E-state index in [1.54, 1.807) is 0 Å². The summed E-state index contributed by atoms with van der Waals surface area (Å²) in [5.41, 5.74) is 13.3. The fourth-order valence-corrected chi connectivity index (χ4v) is 3.08. The molecule has 104 valence electrons. The van der Waals surface area contributed by atoms with E-state index in [0.29, 0.717) is 0 Å². The smallest absolute Gasteiger partial charge is 0.0295 e.